The van der Waals surface area contributed by atoms with Crippen LogP contribution in [0.3, 0.4) is 0 Å². The molecule has 1 aliphatic rings. The first kappa shape index (κ1) is 9.72. The van der Waals surface area contributed by atoms with Gasteiger partial charge in [-0.05, 0) is 23.5 Å². The molecule has 0 saturated carbocycles. The molecule has 0 radical (unpaired) electrons. The Morgan fingerprint density at radius 1 is 1.29 bits per heavy atom. The van der Waals surface area contributed by atoms with Crippen molar-refractivity contribution in [3.05, 3.63) is 35.4 Å². The van der Waals surface area contributed by atoms with E-state index in [1.165, 1.54) is 11.1 Å². The van der Waals surface area contributed by atoms with Gasteiger partial charge in [0.25, 0.3) is 0 Å². The first-order chi connectivity index (χ1) is 6.61. The summed E-state index contributed by atoms with van der Waals surface area (Å²) < 4.78 is 0. The maximum atomic E-state index is 3.49. The molecule has 1 saturated heterocycles. The molecule has 1 heteroatoms. The van der Waals surface area contributed by atoms with E-state index in [0.29, 0.717) is 11.3 Å². The van der Waals surface area contributed by atoms with Crippen molar-refractivity contribution in [3.63, 3.8) is 0 Å². The second kappa shape index (κ2) is 3.39. The van der Waals surface area contributed by atoms with Crippen LogP contribution >= 0.6 is 0 Å². The Balaban J connectivity index is 2.36. The second-order valence-electron chi connectivity index (χ2n) is 5.03. The molecule has 76 valence electrons. The average molecular weight is 189 g/mol. The largest absolute Gasteiger partial charge is 0.316 e. The van der Waals surface area contributed by atoms with Gasteiger partial charge < -0.3 is 5.32 Å². The lowest BCUT2D eigenvalue weighted by Crippen LogP contribution is -2.21. The van der Waals surface area contributed by atoms with Gasteiger partial charge in [-0.3, -0.25) is 0 Å². The molecular weight excluding hydrogens is 170 g/mol. The SMILES string of the molecule is Cc1ccccc1[C@@H]1CNCC1(C)C. The van der Waals surface area contributed by atoms with E-state index >= 15 is 0 Å². The first-order valence-electron chi connectivity index (χ1n) is 5.37. The minimum Gasteiger partial charge on any atom is -0.316 e. The number of rotatable bonds is 1. The Kier molecular flexibility index (Phi) is 2.36. The van der Waals surface area contributed by atoms with Gasteiger partial charge in [0.1, 0.15) is 0 Å². The standard InChI is InChI=1S/C13H19N/c1-10-6-4-5-7-11(10)12-8-14-9-13(12,2)3/h4-7,12,14H,8-9H2,1-3H3/t12-/m0/s1. The number of hydrogen-bond acceptors (Lipinski definition) is 1. The van der Waals surface area contributed by atoms with Crippen molar-refractivity contribution in [2.24, 2.45) is 5.41 Å². The maximum absolute atomic E-state index is 3.49. The van der Waals surface area contributed by atoms with E-state index in [4.69, 9.17) is 0 Å². The Hall–Kier alpha value is -0.820. The molecule has 0 bridgehead atoms. The highest BCUT2D eigenvalue weighted by molar-refractivity contribution is 5.32. The van der Waals surface area contributed by atoms with E-state index in [9.17, 15) is 0 Å². The predicted octanol–water partition coefficient (Wildman–Crippen LogP) is 2.71. The van der Waals surface area contributed by atoms with E-state index in [-0.39, 0.29) is 0 Å². The molecule has 14 heavy (non-hydrogen) atoms. The fourth-order valence-corrected chi connectivity index (χ4v) is 2.45. The van der Waals surface area contributed by atoms with Gasteiger partial charge in [0.2, 0.25) is 0 Å². The summed E-state index contributed by atoms with van der Waals surface area (Å²) >= 11 is 0. The van der Waals surface area contributed by atoms with Crippen LogP contribution < -0.4 is 5.32 Å². The molecule has 0 aromatic heterocycles. The molecule has 0 aliphatic carbocycles. The normalized spacial score (nSPS) is 25.2. The van der Waals surface area contributed by atoms with E-state index in [2.05, 4.69) is 50.4 Å². The van der Waals surface area contributed by atoms with Crippen LogP contribution in [0.2, 0.25) is 0 Å². The lowest BCUT2D eigenvalue weighted by atomic mass is 9.76. The molecule has 2 rings (SSSR count). The third-order valence-corrected chi connectivity index (χ3v) is 3.44. The Morgan fingerprint density at radius 2 is 2.00 bits per heavy atom. The highest BCUT2D eigenvalue weighted by atomic mass is 14.9. The third-order valence-electron chi connectivity index (χ3n) is 3.44. The van der Waals surface area contributed by atoms with Gasteiger partial charge in [-0.2, -0.15) is 0 Å². The molecular formula is C13H19N. The summed E-state index contributed by atoms with van der Waals surface area (Å²) in [5, 5.41) is 3.49. The van der Waals surface area contributed by atoms with Crippen molar-refractivity contribution in [2.45, 2.75) is 26.7 Å². The highest BCUT2D eigenvalue weighted by Crippen LogP contribution is 2.39. The second-order valence-corrected chi connectivity index (χ2v) is 5.03. The van der Waals surface area contributed by atoms with Crippen molar-refractivity contribution < 1.29 is 0 Å². The number of benzene rings is 1. The van der Waals surface area contributed by atoms with Crippen LogP contribution in [0.15, 0.2) is 24.3 Å². The van der Waals surface area contributed by atoms with Crippen LogP contribution in [-0.4, -0.2) is 13.1 Å². The quantitative estimate of drug-likeness (QED) is 0.716. The summed E-state index contributed by atoms with van der Waals surface area (Å²) in [5.41, 5.74) is 3.34. The topological polar surface area (TPSA) is 12.0 Å². The minimum absolute atomic E-state index is 0.395. The first-order valence-corrected chi connectivity index (χ1v) is 5.37. The smallest absolute Gasteiger partial charge is 0.00294 e. The van der Waals surface area contributed by atoms with Gasteiger partial charge in [-0.15, -0.1) is 0 Å². The molecule has 1 nitrogen and oxygen atoms in total. The monoisotopic (exact) mass is 189 g/mol. The third kappa shape index (κ3) is 1.57. The van der Waals surface area contributed by atoms with E-state index in [1.54, 1.807) is 0 Å². The van der Waals surface area contributed by atoms with E-state index in [0.717, 1.165) is 13.1 Å². The number of aryl methyl sites for hydroxylation is 1. The summed E-state index contributed by atoms with van der Waals surface area (Å²) in [6.45, 7) is 9.17. The lowest BCUT2D eigenvalue weighted by Gasteiger charge is -2.27. The lowest BCUT2D eigenvalue weighted by molar-refractivity contribution is 0.362. The summed E-state index contributed by atoms with van der Waals surface area (Å²) in [5.74, 6) is 0.670. The maximum Gasteiger partial charge on any atom is 0.00294 e. The summed E-state index contributed by atoms with van der Waals surface area (Å²) in [7, 11) is 0. The zero-order valence-electron chi connectivity index (χ0n) is 9.30. The molecule has 1 aromatic rings. The van der Waals surface area contributed by atoms with Crippen molar-refractivity contribution in [1.82, 2.24) is 5.32 Å². The van der Waals surface area contributed by atoms with Gasteiger partial charge in [-0.25, -0.2) is 0 Å². The Bertz CT molecular complexity index is 328. The summed E-state index contributed by atoms with van der Waals surface area (Å²) in [6, 6.07) is 8.75. The van der Waals surface area contributed by atoms with Gasteiger partial charge in [0.05, 0.1) is 0 Å². The van der Waals surface area contributed by atoms with Crippen LogP contribution in [0.25, 0.3) is 0 Å². The molecule has 1 heterocycles. The predicted molar refractivity (Wildman–Crippen MR) is 60.6 cm³/mol. The van der Waals surface area contributed by atoms with Crippen molar-refractivity contribution in [1.29, 1.82) is 0 Å². The van der Waals surface area contributed by atoms with Crippen LogP contribution in [0.1, 0.15) is 30.9 Å². The molecule has 0 spiro atoms. The molecule has 1 N–H and O–H groups in total. The molecule has 1 atom stereocenters. The van der Waals surface area contributed by atoms with Crippen molar-refractivity contribution in [2.75, 3.05) is 13.1 Å². The molecule has 0 amide bonds. The Morgan fingerprint density at radius 3 is 2.57 bits per heavy atom. The van der Waals surface area contributed by atoms with Crippen LogP contribution in [-0.2, 0) is 0 Å². The van der Waals surface area contributed by atoms with E-state index < -0.39 is 0 Å². The van der Waals surface area contributed by atoms with Gasteiger partial charge >= 0.3 is 0 Å². The van der Waals surface area contributed by atoms with Gasteiger partial charge in [0, 0.05) is 19.0 Å². The molecule has 1 fully saturated rings. The zero-order valence-corrected chi connectivity index (χ0v) is 9.30. The summed E-state index contributed by atoms with van der Waals surface area (Å²) in [4.78, 5) is 0. The minimum atomic E-state index is 0.395. The fraction of sp³-hybridized carbons (Fsp3) is 0.538. The van der Waals surface area contributed by atoms with Crippen molar-refractivity contribution >= 4 is 0 Å². The van der Waals surface area contributed by atoms with Gasteiger partial charge in [0.15, 0.2) is 0 Å². The number of hydrogen-bond donors (Lipinski definition) is 1. The summed E-state index contributed by atoms with van der Waals surface area (Å²) in [6.07, 6.45) is 0. The van der Waals surface area contributed by atoms with Gasteiger partial charge in [-0.1, -0.05) is 38.1 Å². The van der Waals surface area contributed by atoms with Crippen molar-refractivity contribution in [3.8, 4) is 0 Å². The van der Waals surface area contributed by atoms with E-state index in [1.807, 2.05) is 0 Å². The molecule has 1 aliphatic heterocycles. The molecule has 0 unspecified atom stereocenters. The zero-order chi connectivity index (χ0) is 10.2. The molecule has 1 aromatic carbocycles. The highest BCUT2D eigenvalue weighted by Gasteiger charge is 2.35. The Labute approximate surface area is 86.5 Å². The van der Waals surface area contributed by atoms with Crippen LogP contribution in [0.4, 0.5) is 0 Å². The van der Waals surface area contributed by atoms with Crippen LogP contribution in [0, 0.1) is 12.3 Å². The average Bonchev–Trinajstić information content (AvgIpc) is 2.46. The number of nitrogens with one attached hydrogen (secondary N) is 1. The fourth-order valence-electron chi connectivity index (χ4n) is 2.45. The van der Waals surface area contributed by atoms with Crippen LogP contribution in [0.5, 0.6) is 0 Å².